The Hall–Kier alpha value is -2.61. The van der Waals surface area contributed by atoms with Crippen LogP contribution in [0.25, 0.3) is 11.4 Å². The third kappa shape index (κ3) is 3.90. The van der Waals surface area contributed by atoms with Crippen LogP contribution in [0.15, 0.2) is 47.1 Å². The van der Waals surface area contributed by atoms with Crippen molar-refractivity contribution in [2.45, 2.75) is 19.1 Å². The largest absolute Gasteiger partial charge is 0.471 e. The van der Waals surface area contributed by atoms with Crippen molar-refractivity contribution in [2.24, 2.45) is 0 Å². The summed E-state index contributed by atoms with van der Waals surface area (Å²) in [7, 11) is 0. The van der Waals surface area contributed by atoms with Crippen LogP contribution in [-0.2, 0) is 6.18 Å². The van der Waals surface area contributed by atoms with Gasteiger partial charge in [0, 0.05) is 17.8 Å². The molecule has 2 heterocycles. The Morgan fingerprint density at radius 1 is 1.20 bits per heavy atom. The molecule has 5 nitrogen and oxygen atoms in total. The molecule has 0 saturated heterocycles. The molecule has 3 aromatic rings. The highest BCUT2D eigenvalue weighted by Crippen LogP contribution is 2.31. The number of halogens is 4. The second-order valence-corrected chi connectivity index (χ2v) is 5.66. The number of nitrogens with one attached hydrogen (secondary N) is 1. The predicted octanol–water partition coefficient (Wildman–Crippen LogP) is 4.98. The molecule has 1 N–H and O–H groups in total. The Morgan fingerprint density at radius 2 is 1.92 bits per heavy atom. The minimum absolute atomic E-state index is 0.0564. The van der Waals surface area contributed by atoms with E-state index in [2.05, 4.69) is 25.0 Å². The highest BCUT2D eigenvalue weighted by atomic mass is 35.5. The summed E-state index contributed by atoms with van der Waals surface area (Å²) in [5.41, 5.74) is 1.26. The van der Waals surface area contributed by atoms with Crippen molar-refractivity contribution in [1.82, 2.24) is 15.1 Å². The number of hydrogen-bond donors (Lipinski definition) is 1. The molecule has 1 atom stereocenters. The SMILES string of the molecule is C[C@@H](Nc1ncc(-c2noc(C(F)(F)F)n2)cc1Cl)c1ccccc1. The second-order valence-electron chi connectivity index (χ2n) is 5.25. The Labute approximate surface area is 145 Å². The number of aromatic nitrogens is 3. The summed E-state index contributed by atoms with van der Waals surface area (Å²) in [5, 5.41) is 6.69. The van der Waals surface area contributed by atoms with Gasteiger partial charge >= 0.3 is 12.1 Å². The highest BCUT2D eigenvalue weighted by molar-refractivity contribution is 6.33. The maximum absolute atomic E-state index is 12.5. The first-order valence-corrected chi connectivity index (χ1v) is 7.60. The number of pyridine rings is 1. The monoisotopic (exact) mass is 368 g/mol. The molecule has 9 heteroatoms. The summed E-state index contributed by atoms with van der Waals surface area (Å²) in [6, 6.07) is 11.0. The van der Waals surface area contributed by atoms with Crippen LogP contribution in [0, 0.1) is 0 Å². The van der Waals surface area contributed by atoms with Crippen molar-refractivity contribution in [3.8, 4) is 11.4 Å². The third-order valence-electron chi connectivity index (χ3n) is 3.42. The van der Waals surface area contributed by atoms with Crippen molar-refractivity contribution in [1.29, 1.82) is 0 Å². The molecule has 0 fully saturated rings. The normalized spacial score (nSPS) is 12.8. The first-order chi connectivity index (χ1) is 11.8. The summed E-state index contributed by atoms with van der Waals surface area (Å²) >= 11 is 6.17. The van der Waals surface area contributed by atoms with E-state index in [1.165, 1.54) is 12.3 Å². The number of rotatable bonds is 4. The van der Waals surface area contributed by atoms with Gasteiger partial charge in [-0.2, -0.15) is 18.2 Å². The lowest BCUT2D eigenvalue weighted by Gasteiger charge is -2.16. The number of alkyl halides is 3. The van der Waals surface area contributed by atoms with Gasteiger partial charge in [-0.3, -0.25) is 0 Å². The predicted molar refractivity (Wildman–Crippen MR) is 86.0 cm³/mol. The molecular formula is C16H12ClF3N4O. The Bertz CT molecular complexity index is 867. The van der Waals surface area contributed by atoms with E-state index in [1.807, 2.05) is 37.3 Å². The quantitative estimate of drug-likeness (QED) is 0.703. The lowest BCUT2D eigenvalue weighted by molar-refractivity contribution is -0.159. The summed E-state index contributed by atoms with van der Waals surface area (Å²) in [5.74, 6) is -1.25. The molecule has 0 amide bonds. The zero-order valence-corrected chi connectivity index (χ0v) is 13.6. The third-order valence-corrected chi connectivity index (χ3v) is 3.71. The molecule has 0 spiro atoms. The van der Waals surface area contributed by atoms with Gasteiger partial charge in [0.15, 0.2) is 0 Å². The van der Waals surface area contributed by atoms with E-state index >= 15 is 0 Å². The van der Waals surface area contributed by atoms with Crippen LogP contribution < -0.4 is 5.32 Å². The minimum atomic E-state index is -4.70. The van der Waals surface area contributed by atoms with E-state index in [0.717, 1.165) is 5.56 Å². The maximum atomic E-state index is 12.5. The van der Waals surface area contributed by atoms with Gasteiger partial charge in [0.05, 0.1) is 5.02 Å². The fourth-order valence-corrected chi connectivity index (χ4v) is 2.37. The van der Waals surface area contributed by atoms with Crippen LogP contribution in [0.4, 0.5) is 19.0 Å². The topological polar surface area (TPSA) is 63.8 Å². The molecule has 0 aliphatic rings. The van der Waals surface area contributed by atoms with Crippen molar-refractivity contribution >= 4 is 17.4 Å². The van der Waals surface area contributed by atoms with E-state index in [-0.39, 0.29) is 22.5 Å². The Morgan fingerprint density at radius 3 is 2.52 bits per heavy atom. The molecule has 0 unspecified atom stereocenters. The van der Waals surface area contributed by atoms with Crippen LogP contribution in [0.1, 0.15) is 24.4 Å². The van der Waals surface area contributed by atoms with Gasteiger partial charge in [0.2, 0.25) is 5.82 Å². The summed E-state index contributed by atoms with van der Waals surface area (Å²) in [4.78, 5) is 7.45. The number of nitrogens with zero attached hydrogens (tertiary/aromatic N) is 3. The van der Waals surface area contributed by atoms with E-state index < -0.39 is 12.1 Å². The van der Waals surface area contributed by atoms with Gasteiger partial charge in [-0.15, -0.1) is 0 Å². The van der Waals surface area contributed by atoms with Gasteiger partial charge in [-0.1, -0.05) is 47.1 Å². The fraction of sp³-hybridized carbons (Fsp3) is 0.188. The van der Waals surface area contributed by atoms with Crippen molar-refractivity contribution in [3.05, 3.63) is 59.1 Å². The van der Waals surface area contributed by atoms with Gasteiger partial charge < -0.3 is 9.84 Å². The standard InChI is InChI=1S/C16H12ClF3N4O/c1-9(10-5-3-2-4-6-10)22-14-12(17)7-11(8-21-14)13-23-15(25-24-13)16(18,19)20/h2-9H,1H3,(H,21,22)/t9-/m1/s1. The van der Waals surface area contributed by atoms with Crippen molar-refractivity contribution in [2.75, 3.05) is 5.32 Å². The first-order valence-electron chi connectivity index (χ1n) is 7.23. The fourth-order valence-electron chi connectivity index (χ4n) is 2.15. The molecule has 0 bridgehead atoms. The Kier molecular flexibility index (Phi) is 4.63. The molecule has 1 aromatic carbocycles. The Balaban J connectivity index is 1.80. The molecule has 2 aromatic heterocycles. The summed E-state index contributed by atoms with van der Waals surface area (Å²) in [6.45, 7) is 1.94. The van der Waals surface area contributed by atoms with Crippen molar-refractivity contribution in [3.63, 3.8) is 0 Å². The van der Waals surface area contributed by atoms with E-state index in [4.69, 9.17) is 11.6 Å². The molecule has 25 heavy (non-hydrogen) atoms. The molecular weight excluding hydrogens is 357 g/mol. The highest BCUT2D eigenvalue weighted by Gasteiger charge is 2.38. The van der Waals surface area contributed by atoms with Crippen LogP contribution in [0.3, 0.4) is 0 Å². The summed E-state index contributed by atoms with van der Waals surface area (Å²) in [6.07, 6.45) is -3.37. The van der Waals surface area contributed by atoms with Gasteiger partial charge in [-0.05, 0) is 18.6 Å². The van der Waals surface area contributed by atoms with Crippen LogP contribution >= 0.6 is 11.6 Å². The zero-order valence-electron chi connectivity index (χ0n) is 12.9. The van der Waals surface area contributed by atoms with Crippen molar-refractivity contribution < 1.29 is 17.7 Å². The second kappa shape index (κ2) is 6.72. The van der Waals surface area contributed by atoms with E-state index in [9.17, 15) is 13.2 Å². The first kappa shape index (κ1) is 17.2. The molecule has 0 aliphatic heterocycles. The lowest BCUT2D eigenvalue weighted by atomic mass is 10.1. The minimum Gasteiger partial charge on any atom is -0.362 e. The van der Waals surface area contributed by atoms with Crippen LogP contribution in [0.5, 0.6) is 0 Å². The zero-order chi connectivity index (χ0) is 18.0. The lowest BCUT2D eigenvalue weighted by Crippen LogP contribution is -2.08. The molecule has 0 radical (unpaired) electrons. The average Bonchev–Trinajstić information content (AvgIpc) is 3.08. The smallest absolute Gasteiger partial charge is 0.362 e. The molecule has 0 saturated carbocycles. The van der Waals surface area contributed by atoms with Gasteiger partial charge in [0.1, 0.15) is 5.82 Å². The number of hydrogen-bond acceptors (Lipinski definition) is 5. The maximum Gasteiger partial charge on any atom is 0.471 e. The van der Waals surface area contributed by atoms with Gasteiger partial charge in [0.25, 0.3) is 0 Å². The molecule has 0 aliphatic carbocycles. The van der Waals surface area contributed by atoms with Crippen LogP contribution in [0.2, 0.25) is 5.02 Å². The summed E-state index contributed by atoms with van der Waals surface area (Å²) < 4.78 is 41.8. The van der Waals surface area contributed by atoms with Gasteiger partial charge in [-0.25, -0.2) is 4.98 Å². The number of anilines is 1. The molecule has 3 rings (SSSR count). The van der Waals surface area contributed by atoms with E-state index in [0.29, 0.717) is 5.82 Å². The van der Waals surface area contributed by atoms with E-state index in [1.54, 1.807) is 0 Å². The number of benzene rings is 1. The van der Waals surface area contributed by atoms with Crippen LogP contribution in [-0.4, -0.2) is 15.1 Å². The molecule has 130 valence electrons. The average molecular weight is 369 g/mol.